The zero-order valence-corrected chi connectivity index (χ0v) is 15.5. The maximum absolute atomic E-state index is 12.6. The molecule has 3 amide bonds. The molecular formula is C19H19BrN2O3. The second kappa shape index (κ2) is 6.09. The highest BCUT2D eigenvalue weighted by Gasteiger charge is 2.58. The summed E-state index contributed by atoms with van der Waals surface area (Å²) in [6, 6.07) is 5.62. The summed E-state index contributed by atoms with van der Waals surface area (Å²) in [5.41, 5.74) is 1.69. The molecule has 2 fully saturated rings. The number of imide groups is 1. The molecule has 5 nitrogen and oxygen atoms in total. The molecule has 0 unspecified atom stereocenters. The molecule has 0 spiro atoms. The van der Waals surface area contributed by atoms with Crippen LogP contribution in [0, 0.1) is 30.6 Å². The van der Waals surface area contributed by atoms with Gasteiger partial charge in [0.25, 0.3) is 0 Å². The number of benzene rings is 1. The number of halogens is 1. The van der Waals surface area contributed by atoms with Gasteiger partial charge in [0, 0.05) is 23.1 Å². The Hall–Kier alpha value is -1.95. The lowest BCUT2D eigenvalue weighted by molar-refractivity contribution is -0.140. The summed E-state index contributed by atoms with van der Waals surface area (Å²) in [7, 11) is 0. The fourth-order valence-electron chi connectivity index (χ4n) is 4.38. The second-order valence-electron chi connectivity index (χ2n) is 7.09. The molecule has 1 heterocycles. The number of amides is 3. The van der Waals surface area contributed by atoms with Crippen LogP contribution in [0.15, 0.2) is 34.8 Å². The Morgan fingerprint density at radius 2 is 1.84 bits per heavy atom. The number of allylic oxidation sites excluding steroid dienone is 2. The fraction of sp³-hybridized carbons (Fsp3) is 0.421. The van der Waals surface area contributed by atoms with E-state index in [0.29, 0.717) is 0 Å². The Balaban J connectivity index is 1.38. The van der Waals surface area contributed by atoms with Crippen LogP contribution in [0.25, 0.3) is 0 Å². The van der Waals surface area contributed by atoms with E-state index in [9.17, 15) is 14.4 Å². The highest BCUT2D eigenvalue weighted by molar-refractivity contribution is 9.10. The van der Waals surface area contributed by atoms with E-state index in [1.54, 1.807) is 0 Å². The number of rotatable bonds is 4. The van der Waals surface area contributed by atoms with E-state index >= 15 is 0 Å². The Morgan fingerprint density at radius 1 is 1.20 bits per heavy atom. The number of likely N-dealkylation sites (tertiary alicyclic amines) is 1. The van der Waals surface area contributed by atoms with Crippen molar-refractivity contribution in [2.45, 2.75) is 19.8 Å². The zero-order chi connectivity index (χ0) is 17.7. The van der Waals surface area contributed by atoms with Crippen LogP contribution < -0.4 is 5.32 Å². The molecule has 1 saturated carbocycles. The standard InChI is InChI=1S/C19H19BrN2O3/c1-10-8-13(20)4-5-14(10)21-15(23)6-7-22-18(24)16-11-2-3-12(9-11)17(16)19(22)25/h2-5,8,11-12,16-17H,6-7,9H2,1H3,(H,21,23)/t11-,12-,16-,17+/m0/s1. The van der Waals surface area contributed by atoms with Gasteiger partial charge in [0.15, 0.2) is 0 Å². The number of hydrogen-bond acceptors (Lipinski definition) is 3. The molecule has 1 aliphatic heterocycles. The summed E-state index contributed by atoms with van der Waals surface area (Å²) in [6.45, 7) is 2.07. The summed E-state index contributed by atoms with van der Waals surface area (Å²) in [5, 5.41) is 2.85. The van der Waals surface area contributed by atoms with Crippen LogP contribution in [0.4, 0.5) is 5.69 Å². The summed E-state index contributed by atoms with van der Waals surface area (Å²) >= 11 is 3.39. The Bertz CT molecular complexity index is 774. The third-order valence-corrected chi connectivity index (χ3v) is 6.08. The molecule has 1 aromatic rings. The first kappa shape index (κ1) is 16.5. The maximum Gasteiger partial charge on any atom is 0.233 e. The predicted octanol–water partition coefficient (Wildman–Crippen LogP) is 2.89. The van der Waals surface area contributed by atoms with Crippen molar-refractivity contribution < 1.29 is 14.4 Å². The molecule has 0 aromatic heterocycles. The van der Waals surface area contributed by atoms with Gasteiger partial charge in [-0.3, -0.25) is 19.3 Å². The van der Waals surface area contributed by atoms with Crippen molar-refractivity contribution in [1.29, 1.82) is 0 Å². The lowest BCUT2D eigenvalue weighted by Gasteiger charge is -2.17. The number of hydrogen-bond donors (Lipinski definition) is 1. The Morgan fingerprint density at radius 3 is 2.44 bits per heavy atom. The molecule has 3 aliphatic rings. The van der Waals surface area contributed by atoms with E-state index in [-0.39, 0.29) is 54.4 Å². The van der Waals surface area contributed by atoms with Crippen LogP contribution in [-0.4, -0.2) is 29.2 Å². The van der Waals surface area contributed by atoms with Crippen LogP contribution in [0.3, 0.4) is 0 Å². The summed E-state index contributed by atoms with van der Waals surface area (Å²) in [4.78, 5) is 38.7. The molecule has 4 rings (SSSR count). The number of carbonyl (C=O) groups is 3. The van der Waals surface area contributed by atoms with Gasteiger partial charge in [-0.1, -0.05) is 28.1 Å². The van der Waals surface area contributed by atoms with Crippen LogP contribution in [0.1, 0.15) is 18.4 Å². The molecule has 2 bridgehead atoms. The van der Waals surface area contributed by atoms with Gasteiger partial charge in [0.1, 0.15) is 0 Å². The molecule has 1 aromatic carbocycles. The topological polar surface area (TPSA) is 66.5 Å². The Kier molecular flexibility index (Phi) is 4.02. The molecular weight excluding hydrogens is 384 g/mol. The molecule has 6 heteroatoms. The predicted molar refractivity (Wildman–Crippen MR) is 96.6 cm³/mol. The highest BCUT2D eigenvalue weighted by Crippen LogP contribution is 2.52. The number of carbonyl (C=O) groups excluding carboxylic acids is 3. The van der Waals surface area contributed by atoms with Gasteiger partial charge in [-0.05, 0) is 48.9 Å². The molecule has 0 radical (unpaired) electrons. The average molecular weight is 403 g/mol. The highest BCUT2D eigenvalue weighted by atomic mass is 79.9. The van der Waals surface area contributed by atoms with Gasteiger partial charge >= 0.3 is 0 Å². The number of nitrogens with one attached hydrogen (secondary N) is 1. The summed E-state index contributed by atoms with van der Waals surface area (Å²) in [5.74, 6) is -0.368. The van der Waals surface area contributed by atoms with E-state index in [2.05, 4.69) is 33.4 Å². The number of aryl methyl sites for hydroxylation is 1. The third kappa shape index (κ3) is 2.72. The van der Waals surface area contributed by atoms with Gasteiger partial charge in [-0.25, -0.2) is 0 Å². The van der Waals surface area contributed by atoms with Crippen molar-refractivity contribution in [2.24, 2.45) is 23.7 Å². The first-order valence-electron chi connectivity index (χ1n) is 8.55. The van der Waals surface area contributed by atoms with E-state index in [1.165, 1.54) is 4.90 Å². The Labute approximate surface area is 154 Å². The number of nitrogens with zero attached hydrogens (tertiary/aromatic N) is 1. The van der Waals surface area contributed by atoms with Crippen molar-refractivity contribution in [3.63, 3.8) is 0 Å². The smallest absolute Gasteiger partial charge is 0.233 e. The SMILES string of the molecule is Cc1cc(Br)ccc1NC(=O)CCN1C(=O)[C@@H]2[C@H](C1=O)[C@H]1C=C[C@H]2C1. The van der Waals surface area contributed by atoms with Gasteiger partial charge in [0.05, 0.1) is 11.8 Å². The van der Waals surface area contributed by atoms with Crippen LogP contribution in [-0.2, 0) is 14.4 Å². The van der Waals surface area contributed by atoms with Crippen LogP contribution in [0.5, 0.6) is 0 Å². The summed E-state index contributed by atoms with van der Waals surface area (Å²) in [6.07, 6.45) is 5.19. The van der Waals surface area contributed by atoms with Crippen molar-refractivity contribution in [2.75, 3.05) is 11.9 Å². The zero-order valence-electron chi connectivity index (χ0n) is 13.9. The normalized spacial score (nSPS) is 29.4. The van der Waals surface area contributed by atoms with Crippen LogP contribution >= 0.6 is 15.9 Å². The minimum atomic E-state index is -0.195. The number of fused-ring (bicyclic) bond motifs is 5. The van der Waals surface area contributed by atoms with E-state index < -0.39 is 0 Å². The average Bonchev–Trinajstić information content (AvgIpc) is 3.23. The minimum absolute atomic E-state index is 0.0977. The first-order valence-corrected chi connectivity index (χ1v) is 9.34. The lowest BCUT2D eigenvalue weighted by Crippen LogP contribution is -2.35. The van der Waals surface area contributed by atoms with E-state index in [4.69, 9.17) is 0 Å². The monoisotopic (exact) mass is 402 g/mol. The molecule has 25 heavy (non-hydrogen) atoms. The molecule has 4 atom stereocenters. The van der Waals surface area contributed by atoms with Crippen molar-refractivity contribution in [1.82, 2.24) is 4.90 Å². The van der Waals surface area contributed by atoms with Crippen molar-refractivity contribution in [3.05, 3.63) is 40.4 Å². The second-order valence-corrected chi connectivity index (χ2v) is 8.00. The lowest BCUT2D eigenvalue weighted by atomic mass is 9.85. The molecule has 1 N–H and O–H groups in total. The first-order chi connectivity index (χ1) is 12.0. The third-order valence-electron chi connectivity index (χ3n) is 5.59. The van der Waals surface area contributed by atoms with Crippen LogP contribution in [0.2, 0.25) is 0 Å². The van der Waals surface area contributed by atoms with Gasteiger partial charge in [-0.15, -0.1) is 0 Å². The molecule has 1 saturated heterocycles. The maximum atomic E-state index is 12.6. The van der Waals surface area contributed by atoms with Gasteiger partial charge in [0.2, 0.25) is 17.7 Å². The summed E-state index contributed by atoms with van der Waals surface area (Å²) < 4.78 is 0.950. The largest absolute Gasteiger partial charge is 0.326 e. The van der Waals surface area contributed by atoms with E-state index in [0.717, 1.165) is 22.1 Å². The van der Waals surface area contributed by atoms with Crippen molar-refractivity contribution in [3.8, 4) is 0 Å². The molecule has 130 valence electrons. The van der Waals surface area contributed by atoms with E-state index in [1.807, 2.05) is 25.1 Å². The van der Waals surface area contributed by atoms with Crippen molar-refractivity contribution >= 4 is 39.3 Å². The minimum Gasteiger partial charge on any atom is -0.326 e. The van der Waals surface area contributed by atoms with Gasteiger partial charge in [-0.2, -0.15) is 0 Å². The fourth-order valence-corrected chi connectivity index (χ4v) is 4.85. The number of anilines is 1. The van der Waals surface area contributed by atoms with Gasteiger partial charge < -0.3 is 5.32 Å². The molecule has 2 aliphatic carbocycles. The quantitative estimate of drug-likeness (QED) is 0.621.